The molecule has 6 nitrogen and oxygen atoms in total. The van der Waals surface area contributed by atoms with E-state index >= 15 is 0 Å². The zero-order valence-electron chi connectivity index (χ0n) is 18.1. The Bertz CT molecular complexity index is 1150. The lowest BCUT2D eigenvalue weighted by Crippen LogP contribution is -2.22. The predicted octanol–water partition coefficient (Wildman–Crippen LogP) is 5.87. The third kappa shape index (κ3) is 6.18. The van der Waals surface area contributed by atoms with Gasteiger partial charge in [-0.3, -0.25) is 9.59 Å². The Hall–Kier alpha value is -3.23. The smallest absolute Gasteiger partial charge is 0.263 e. The van der Waals surface area contributed by atoms with E-state index in [0.29, 0.717) is 22.9 Å². The molecule has 0 aromatic heterocycles. The van der Waals surface area contributed by atoms with Crippen LogP contribution in [0.4, 0.5) is 15.8 Å². The minimum absolute atomic E-state index is 0.0665. The molecular weight excluding hydrogens is 467 g/mol. The minimum atomic E-state index is -0.554. The number of nitrogens with one attached hydrogen (secondary N) is 2. The molecule has 3 aromatic rings. The number of anilines is 2. The first kappa shape index (κ1) is 24.4. The molecule has 0 heterocycles. The maximum atomic E-state index is 13.3. The summed E-state index contributed by atoms with van der Waals surface area (Å²) in [7, 11) is 2.96. The van der Waals surface area contributed by atoms with Crippen molar-refractivity contribution in [1.29, 1.82) is 0 Å². The van der Waals surface area contributed by atoms with Crippen molar-refractivity contribution in [2.75, 3.05) is 24.9 Å². The first-order valence-corrected chi connectivity index (χ1v) is 11.1. The number of hydrogen-bond donors (Lipinski definition) is 2. The van der Waals surface area contributed by atoms with Crippen molar-refractivity contribution in [1.82, 2.24) is 0 Å². The molecule has 33 heavy (non-hydrogen) atoms. The maximum absolute atomic E-state index is 13.3. The van der Waals surface area contributed by atoms with Crippen LogP contribution in [-0.4, -0.2) is 31.3 Å². The average molecular weight is 489 g/mol. The molecule has 0 saturated carbocycles. The van der Waals surface area contributed by atoms with Crippen molar-refractivity contribution in [3.63, 3.8) is 0 Å². The summed E-state index contributed by atoms with van der Waals surface area (Å²) in [4.78, 5) is 26.2. The molecule has 3 aromatic carbocycles. The van der Waals surface area contributed by atoms with Gasteiger partial charge in [0.25, 0.3) is 5.91 Å². The largest absolute Gasteiger partial charge is 0.496 e. The number of carbonyl (C=O) groups excluding carboxylic acids is 2. The lowest BCUT2D eigenvalue weighted by Gasteiger charge is -2.15. The molecule has 0 fully saturated rings. The van der Waals surface area contributed by atoms with Crippen LogP contribution < -0.4 is 20.1 Å². The maximum Gasteiger partial charge on any atom is 0.263 e. The van der Waals surface area contributed by atoms with Crippen LogP contribution in [0.15, 0.2) is 65.6 Å². The van der Waals surface area contributed by atoms with Gasteiger partial charge in [0, 0.05) is 16.3 Å². The van der Waals surface area contributed by atoms with Gasteiger partial charge in [0.1, 0.15) is 22.9 Å². The van der Waals surface area contributed by atoms with Gasteiger partial charge in [-0.2, -0.15) is 0 Å². The van der Waals surface area contributed by atoms with E-state index in [0.717, 1.165) is 4.90 Å². The van der Waals surface area contributed by atoms with Crippen LogP contribution in [0.25, 0.3) is 0 Å². The number of halogens is 2. The van der Waals surface area contributed by atoms with Crippen LogP contribution >= 0.6 is 23.4 Å². The molecule has 9 heteroatoms. The Morgan fingerprint density at radius 1 is 0.939 bits per heavy atom. The average Bonchev–Trinajstić information content (AvgIpc) is 2.80. The van der Waals surface area contributed by atoms with E-state index in [1.165, 1.54) is 44.2 Å². The van der Waals surface area contributed by atoms with Gasteiger partial charge in [0.15, 0.2) is 0 Å². The number of amides is 2. The SMILES string of the molecule is COc1cccc(OC)c1C(=O)Nc1cccc(SC(C)C(=O)Nc2ccc(F)c(Cl)c2)c1. The molecule has 2 amide bonds. The standard InChI is InChI=1S/C24H22ClFN2O4S/c1-14(23(29)27-16-10-11-19(26)18(25)13-16)33-17-7-4-6-15(12-17)28-24(30)22-20(31-2)8-5-9-21(22)32-3/h4-14H,1-3H3,(H,27,29)(H,28,30). The van der Waals surface area contributed by atoms with E-state index < -0.39 is 11.1 Å². The first-order valence-electron chi connectivity index (χ1n) is 9.87. The summed E-state index contributed by atoms with van der Waals surface area (Å²) in [5, 5.41) is 5.02. The van der Waals surface area contributed by atoms with Gasteiger partial charge in [-0.25, -0.2) is 4.39 Å². The first-order chi connectivity index (χ1) is 15.8. The van der Waals surface area contributed by atoms with E-state index in [9.17, 15) is 14.0 Å². The monoisotopic (exact) mass is 488 g/mol. The van der Waals surface area contributed by atoms with Crippen LogP contribution in [-0.2, 0) is 4.79 Å². The molecule has 0 aliphatic carbocycles. The quantitative estimate of drug-likeness (QED) is 0.388. The molecule has 1 atom stereocenters. The highest BCUT2D eigenvalue weighted by atomic mass is 35.5. The fourth-order valence-corrected chi connectivity index (χ4v) is 4.10. The highest BCUT2D eigenvalue weighted by Gasteiger charge is 2.19. The fourth-order valence-electron chi connectivity index (χ4n) is 2.99. The second-order valence-corrected chi connectivity index (χ2v) is 8.72. The van der Waals surface area contributed by atoms with Gasteiger partial charge in [-0.1, -0.05) is 23.7 Å². The normalized spacial score (nSPS) is 11.4. The molecule has 0 saturated heterocycles. The lowest BCUT2D eigenvalue weighted by atomic mass is 10.1. The molecule has 0 radical (unpaired) electrons. The van der Waals surface area contributed by atoms with Crippen LogP contribution in [0.2, 0.25) is 5.02 Å². The molecule has 3 rings (SSSR count). The highest BCUT2D eigenvalue weighted by molar-refractivity contribution is 8.00. The second-order valence-electron chi connectivity index (χ2n) is 6.90. The molecule has 0 spiro atoms. The van der Waals surface area contributed by atoms with Gasteiger partial charge in [-0.05, 0) is 55.5 Å². The Balaban J connectivity index is 1.69. The number of methoxy groups -OCH3 is 2. The summed E-state index contributed by atoms with van der Waals surface area (Å²) in [6.07, 6.45) is 0. The molecule has 0 aliphatic heterocycles. The Morgan fingerprint density at radius 2 is 1.58 bits per heavy atom. The van der Waals surface area contributed by atoms with E-state index in [1.54, 1.807) is 43.3 Å². The second kappa shape index (κ2) is 11.1. The summed E-state index contributed by atoms with van der Waals surface area (Å²) in [5.74, 6) is -0.421. The highest BCUT2D eigenvalue weighted by Crippen LogP contribution is 2.31. The van der Waals surface area contributed by atoms with Crippen molar-refractivity contribution < 1.29 is 23.5 Å². The van der Waals surface area contributed by atoms with E-state index in [1.807, 2.05) is 6.07 Å². The van der Waals surface area contributed by atoms with E-state index in [2.05, 4.69) is 10.6 Å². The van der Waals surface area contributed by atoms with E-state index in [-0.39, 0.29) is 22.4 Å². The molecule has 2 N–H and O–H groups in total. The number of hydrogen-bond acceptors (Lipinski definition) is 5. The topological polar surface area (TPSA) is 76.7 Å². The summed E-state index contributed by atoms with van der Waals surface area (Å²) in [5.41, 5.74) is 1.24. The van der Waals surface area contributed by atoms with Crippen LogP contribution in [0.3, 0.4) is 0 Å². The molecular formula is C24H22ClFN2O4S. The van der Waals surface area contributed by atoms with Crippen molar-refractivity contribution in [3.05, 3.63) is 77.1 Å². The number of rotatable bonds is 8. The van der Waals surface area contributed by atoms with Crippen molar-refractivity contribution in [2.45, 2.75) is 17.1 Å². The lowest BCUT2D eigenvalue weighted by molar-refractivity contribution is -0.115. The van der Waals surface area contributed by atoms with Gasteiger partial charge in [0.05, 0.1) is 24.5 Å². The molecule has 0 bridgehead atoms. The van der Waals surface area contributed by atoms with Crippen LogP contribution in [0.5, 0.6) is 11.5 Å². The van der Waals surface area contributed by atoms with Crippen molar-refractivity contribution >= 4 is 46.6 Å². The third-order valence-electron chi connectivity index (χ3n) is 4.62. The van der Waals surface area contributed by atoms with E-state index in [4.69, 9.17) is 21.1 Å². The summed E-state index contributed by atoms with van der Waals surface area (Å²) in [6.45, 7) is 1.75. The Morgan fingerprint density at radius 3 is 2.21 bits per heavy atom. The zero-order chi connectivity index (χ0) is 24.0. The number of benzene rings is 3. The summed E-state index contributed by atoms with van der Waals surface area (Å²) < 4.78 is 23.9. The van der Waals surface area contributed by atoms with Crippen LogP contribution in [0, 0.1) is 5.82 Å². The molecule has 1 unspecified atom stereocenters. The van der Waals surface area contributed by atoms with Crippen molar-refractivity contribution in [2.24, 2.45) is 0 Å². The Labute approximate surface area is 200 Å². The van der Waals surface area contributed by atoms with Gasteiger partial charge >= 0.3 is 0 Å². The summed E-state index contributed by atoms with van der Waals surface area (Å²) in [6, 6.07) is 16.2. The molecule has 0 aliphatic rings. The predicted molar refractivity (Wildman–Crippen MR) is 129 cm³/mol. The fraction of sp³-hybridized carbons (Fsp3) is 0.167. The number of carbonyl (C=O) groups is 2. The molecule has 172 valence electrons. The van der Waals surface area contributed by atoms with Gasteiger partial charge < -0.3 is 20.1 Å². The van der Waals surface area contributed by atoms with Crippen LogP contribution in [0.1, 0.15) is 17.3 Å². The number of ether oxygens (including phenoxy) is 2. The zero-order valence-corrected chi connectivity index (χ0v) is 19.7. The number of thioether (sulfide) groups is 1. The van der Waals surface area contributed by atoms with Crippen molar-refractivity contribution in [3.8, 4) is 11.5 Å². The minimum Gasteiger partial charge on any atom is -0.496 e. The van der Waals surface area contributed by atoms with Gasteiger partial charge in [0.2, 0.25) is 5.91 Å². The summed E-state index contributed by atoms with van der Waals surface area (Å²) >= 11 is 7.08. The third-order valence-corrected chi connectivity index (χ3v) is 6.00. The van der Waals surface area contributed by atoms with Gasteiger partial charge in [-0.15, -0.1) is 11.8 Å². The Kier molecular flexibility index (Phi) is 8.19.